The van der Waals surface area contributed by atoms with Gasteiger partial charge in [-0.3, -0.25) is 14.5 Å². The van der Waals surface area contributed by atoms with Crippen LogP contribution in [0.2, 0.25) is 0 Å². The molecule has 9 heteroatoms. The van der Waals surface area contributed by atoms with Gasteiger partial charge in [-0.1, -0.05) is 49.3 Å². The van der Waals surface area contributed by atoms with Gasteiger partial charge in [0.2, 0.25) is 5.78 Å². The number of fused-ring (bicyclic) bond motifs is 1. The van der Waals surface area contributed by atoms with E-state index >= 15 is 0 Å². The Morgan fingerprint density at radius 1 is 1.13 bits per heavy atom. The molecule has 0 saturated heterocycles. The first-order chi connectivity index (χ1) is 18.4. The molecule has 0 saturated carbocycles. The molecular weight excluding hydrogens is 520 g/mol. The van der Waals surface area contributed by atoms with E-state index in [4.69, 9.17) is 14.5 Å². The van der Waals surface area contributed by atoms with Crippen molar-refractivity contribution in [2.75, 3.05) is 18.6 Å². The number of aromatic nitrogens is 1. The number of carbonyl (C=O) groups excluding carboxylic acids is 2. The largest absolute Gasteiger partial charge is 0.503 e. The molecule has 1 aliphatic rings. The zero-order valence-electron chi connectivity index (χ0n) is 21.4. The minimum absolute atomic E-state index is 0.0200. The maximum atomic E-state index is 13.6. The number of benzene rings is 2. The third-order valence-corrected chi connectivity index (χ3v) is 8.33. The van der Waals surface area contributed by atoms with Crippen LogP contribution in [-0.4, -0.2) is 35.5 Å². The number of nitrogens with zero attached hydrogens (tertiary/aromatic N) is 2. The Morgan fingerprint density at radius 2 is 1.97 bits per heavy atom. The summed E-state index contributed by atoms with van der Waals surface area (Å²) < 4.78 is 12.5. The van der Waals surface area contributed by atoms with Crippen LogP contribution in [-0.2, 0) is 4.79 Å². The number of ketones is 1. The predicted molar refractivity (Wildman–Crippen MR) is 151 cm³/mol. The van der Waals surface area contributed by atoms with E-state index in [2.05, 4.69) is 6.92 Å². The summed E-state index contributed by atoms with van der Waals surface area (Å²) in [6.45, 7) is 4.69. The Kier molecular flexibility index (Phi) is 7.49. The Labute approximate surface area is 229 Å². The number of rotatable bonds is 10. The summed E-state index contributed by atoms with van der Waals surface area (Å²) in [5.41, 5.74) is 2.45. The standard InChI is InChI=1S/C29H28N2O5S2/c1-4-5-6-13-36-20-12-10-18(16-21(20)35-3)25-24(26(32)22-8-7-14-37-22)27(33)28(34)31(25)29-30-19-11-9-17(2)15-23(19)38-29/h7-12,14-16,25,33H,4-6,13H2,1-3H3. The molecule has 2 aromatic carbocycles. The van der Waals surface area contributed by atoms with Gasteiger partial charge in [0.05, 0.1) is 40.4 Å². The van der Waals surface area contributed by atoms with E-state index in [9.17, 15) is 14.7 Å². The van der Waals surface area contributed by atoms with E-state index in [0.29, 0.717) is 33.7 Å². The SMILES string of the molecule is CCCCCOc1ccc(C2C(C(=O)c3cccs3)=C(O)C(=O)N2c2nc3ccc(C)cc3s2)cc1OC. The molecule has 0 bridgehead atoms. The minimum Gasteiger partial charge on any atom is -0.503 e. The number of anilines is 1. The molecule has 0 radical (unpaired) electrons. The lowest BCUT2D eigenvalue weighted by molar-refractivity contribution is -0.117. The van der Waals surface area contributed by atoms with Gasteiger partial charge in [0.1, 0.15) is 0 Å². The highest BCUT2D eigenvalue weighted by atomic mass is 32.1. The number of carbonyl (C=O) groups is 2. The summed E-state index contributed by atoms with van der Waals surface area (Å²) in [4.78, 5) is 33.7. The summed E-state index contributed by atoms with van der Waals surface area (Å²) in [6.07, 6.45) is 3.09. The molecule has 1 N–H and O–H groups in total. The summed E-state index contributed by atoms with van der Waals surface area (Å²) in [5, 5.41) is 13.2. The lowest BCUT2D eigenvalue weighted by Crippen LogP contribution is -2.31. The van der Waals surface area contributed by atoms with Crippen molar-refractivity contribution in [3.05, 3.63) is 81.2 Å². The van der Waals surface area contributed by atoms with E-state index in [1.54, 1.807) is 42.8 Å². The van der Waals surface area contributed by atoms with Crippen molar-refractivity contribution in [3.8, 4) is 11.5 Å². The van der Waals surface area contributed by atoms with Gasteiger partial charge in [0.15, 0.2) is 22.4 Å². The van der Waals surface area contributed by atoms with E-state index < -0.39 is 23.5 Å². The number of hydrogen-bond donors (Lipinski definition) is 1. The molecule has 2 aromatic heterocycles. The van der Waals surface area contributed by atoms with Gasteiger partial charge in [-0.05, 0) is 60.2 Å². The molecule has 3 heterocycles. The number of methoxy groups -OCH3 is 1. The number of aliphatic hydroxyl groups is 1. The van der Waals surface area contributed by atoms with Crippen molar-refractivity contribution in [2.24, 2.45) is 0 Å². The minimum atomic E-state index is -0.887. The van der Waals surface area contributed by atoms with E-state index in [0.717, 1.165) is 35.0 Å². The fourth-order valence-corrected chi connectivity index (χ4v) is 6.29. The smallest absolute Gasteiger partial charge is 0.296 e. The van der Waals surface area contributed by atoms with Gasteiger partial charge in [0, 0.05) is 0 Å². The Bertz CT molecular complexity index is 1520. The Morgan fingerprint density at radius 3 is 2.71 bits per heavy atom. The van der Waals surface area contributed by atoms with Crippen molar-refractivity contribution in [1.82, 2.24) is 4.98 Å². The lowest BCUT2D eigenvalue weighted by atomic mass is 9.95. The zero-order valence-corrected chi connectivity index (χ0v) is 23.0. The van der Waals surface area contributed by atoms with Crippen LogP contribution in [0.25, 0.3) is 10.2 Å². The maximum Gasteiger partial charge on any atom is 0.296 e. The molecule has 1 unspecified atom stereocenters. The number of aliphatic hydroxyl groups excluding tert-OH is 1. The molecule has 38 heavy (non-hydrogen) atoms. The second kappa shape index (κ2) is 11.0. The normalized spacial score (nSPS) is 15.5. The van der Waals surface area contributed by atoms with Crippen molar-refractivity contribution >= 4 is 49.7 Å². The Balaban J connectivity index is 1.60. The lowest BCUT2D eigenvalue weighted by Gasteiger charge is -2.25. The Hall–Kier alpha value is -3.69. The summed E-state index contributed by atoms with van der Waals surface area (Å²) in [7, 11) is 1.55. The number of aryl methyl sites for hydroxylation is 1. The van der Waals surface area contributed by atoms with Crippen molar-refractivity contribution in [3.63, 3.8) is 0 Å². The second-order valence-electron chi connectivity index (χ2n) is 9.08. The van der Waals surface area contributed by atoms with Crippen LogP contribution in [0.4, 0.5) is 5.13 Å². The summed E-state index contributed by atoms with van der Waals surface area (Å²) >= 11 is 2.61. The van der Waals surface area contributed by atoms with Gasteiger partial charge in [-0.2, -0.15) is 0 Å². The molecule has 5 rings (SSSR count). The third-order valence-electron chi connectivity index (χ3n) is 6.45. The average Bonchev–Trinajstić information content (AvgIpc) is 3.65. The number of thiazole rings is 1. The zero-order chi connectivity index (χ0) is 26.8. The van der Waals surface area contributed by atoms with E-state index in [1.807, 2.05) is 25.1 Å². The molecule has 4 aromatic rings. The highest BCUT2D eigenvalue weighted by Crippen LogP contribution is 2.46. The number of amides is 1. The van der Waals surface area contributed by atoms with Crippen molar-refractivity contribution in [1.29, 1.82) is 0 Å². The highest BCUT2D eigenvalue weighted by Gasteiger charge is 2.46. The molecule has 0 aliphatic carbocycles. The number of ether oxygens (including phenoxy) is 2. The van der Waals surface area contributed by atoms with Crippen LogP contribution < -0.4 is 14.4 Å². The van der Waals surface area contributed by atoms with Gasteiger partial charge < -0.3 is 14.6 Å². The molecule has 0 spiro atoms. The number of hydrogen-bond acceptors (Lipinski definition) is 8. The molecule has 1 amide bonds. The summed E-state index contributed by atoms with van der Waals surface area (Å²) in [5.74, 6) is -0.555. The van der Waals surface area contributed by atoms with Crippen LogP contribution in [0.1, 0.15) is 53.0 Å². The summed E-state index contributed by atoms with van der Waals surface area (Å²) in [6, 6.07) is 13.8. The predicted octanol–water partition coefficient (Wildman–Crippen LogP) is 7.03. The van der Waals surface area contributed by atoms with Crippen LogP contribution >= 0.6 is 22.7 Å². The van der Waals surface area contributed by atoms with Gasteiger partial charge in [0.25, 0.3) is 5.91 Å². The molecular formula is C29H28N2O5S2. The third kappa shape index (κ3) is 4.79. The van der Waals surface area contributed by atoms with Crippen LogP contribution in [0.3, 0.4) is 0 Å². The van der Waals surface area contributed by atoms with Gasteiger partial charge in [-0.15, -0.1) is 11.3 Å². The first-order valence-corrected chi connectivity index (χ1v) is 14.1. The molecule has 196 valence electrons. The quantitative estimate of drug-likeness (QED) is 0.169. The number of Topliss-reactive ketones (excluding diaryl/α,β-unsaturated/α-hetero) is 1. The van der Waals surface area contributed by atoms with E-state index in [-0.39, 0.29) is 5.57 Å². The monoisotopic (exact) mass is 548 g/mol. The molecule has 1 atom stereocenters. The maximum absolute atomic E-state index is 13.6. The van der Waals surface area contributed by atoms with Crippen LogP contribution in [0.5, 0.6) is 11.5 Å². The first kappa shape index (κ1) is 25.9. The van der Waals surface area contributed by atoms with Crippen molar-refractivity contribution < 1.29 is 24.2 Å². The number of thiophene rings is 1. The molecule has 7 nitrogen and oxygen atoms in total. The fourth-order valence-electron chi connectivity index (χ4n) is 4.52. The van der Waals surface area contributed by atoms with Crippen LogP contribution in [0, 0.1) is 6.92 Å². The van der Waals surface area contributed by atoms with Crippen molar-refractivity contribution in [2.45, 2.75) is 39.2 Å². The number of unbranched alkanes of at least 4 members (excludes halogenated alkanes) is 2. The molecule has 0 fully saturated rings. The highest BCUT2D eigenvalue weighted by molar-refractivity contribution is 7.22. The van der Waals surface area contributed by atoms with Gasteiger partial charge in [-0.25, -0.2) is 4.98 Å². The molecule has 1 aliphatic heterocycles. The van der Waals surface area contributed by atoms with E-state index in [1.165, 1.54) is 27.6 Å². The first-order valence-electron chi connectivity index (χ1n) is 12.5. The second-order valence-corrected chi connectivity index (χ2v) is 11.0. The van der Waals surface area contributed by atoms with Gasteiger partial charge >= 0.3 is 0 Å². The van der Waals surface area contributed by atoms with Crippen LogP contribution in [0.15, 0.2) is 65.2 Å². The average molecular weight is 549 g/mol. The fraction of sp³-hybridized carbons (Fsp3) is 0.276. The topological polar surface area (TPSA) is 89.0 Å².